The van der Waals surface area contributed by atoms with Crippen molar-refractivity contribution in [2.75, 3.05) is 0 Å². The number of benzene rings is 2. The molecule has 22 heavy (non-hydrogen) atoms. The van der Waals surface area contributed by atoms with E-state index in [1.807, 2.05) is 31.2 Å². The van der Waals surface area contributed by atoms with Crippen molar-refractivity contribution in [2.45, 2.75) is 25.9 Å². The lowest BCUT2D eigenvalue weighted by Crippen LogP contribution is -2.31. The summed E-state index contributed by atoms with van der Waals surface area (Å²) >= 11 is 0. The monoisotopic (exact) mass is 296 g/mol. The summed E-state index contributed by atoms with van der Waals surface area (Å²) in [5.74, 6) is 0.498. The quantitative estimate of drug-likeness (QED) is 0.625. The normalized spacial score (nSPS) is 19.8. The summed E-state index contributed by atoms with van der Waals surface area (Å²) in [5.41, 5.74) is 2.28. The fraction of sp³-hybridized carbons (Fsp3) is 0.235. The Balaban J connectivity index is 2.05. The first-order valence-corrected chi connectivity index (χ1v) is 7.15. The van der Waals surface area contributed by atoms with Gasteiger partial charge in [0.15, 0.2) is 0 Å². The zero-order valence-electron chi connectivity index (χ0n) is 12.4. The average Bonchev–Trinajstić information content (AvgIpc) is 2.55. The van der Waals surface area contributed by atoms with Crippen molar-refractivity contribution in [3.05, 3.63) is 69.8 Å². The molecule has 5 nitrogen and oxygen atoms in total. The number of rotatable bonds is 3. The van der Waals surface area contributed by atoms with E-state index in [9.17, 15) is 10.1 Å². The summed E-state index contributed by atoms with van der Waals surface area (Å²) in [5, 5.41) is 10.7. The number of non-ortho nitro benzene ring substituents is 1. The van der Waals surface area contributed by atoms with Crippen molar-refractivity contribution in [2.24, 2.45) is 4.99 Å². The van der Waals surface area contributed by atoms with Crippen LogP contribution in [0.1, 0.15) is 31.4 Å². The number of para-hydroxylation sites is 1. The molecule has 0 aromatic heterocycles. The summed E-state index contributed by atoms with van der Waals surface area (Å²) in [7, 11) is 0. The molecule has 0 spiro atoms. The van der Waals surface area contributed by atoms with Crippen LogP contribution in [-0.4, -0.2) is 10.8 Å². The van der Waals surface area contributed by atoms with Crippen molar-refractivity contribution < 1.29 is 9.66 Å². The van der Waals surface area contributed by atoms with Crippen molar-refractivity contribution >= 4 is 17.3 Å². The SMILES string of the molecule is CCC1(C)OC(c2ccc([N+](=O)[O-])cc2)=Nc2ccccc21. The van der Waals surface area contributed by atoms with Crippen LogP contribution < -0.4 is 0 Å². The van der Waals surface area contributed by atoms with Gasteiger partial charge < -0.3 is 4.74 Å². The maximum atomic E-state index is 10.7. The van der Waals surface area contributed by atoms with Crippen LogP contribution in [0.25, 0.3) is 0 Å². The van der Waals surface area contributed by atoms with E-state index >= 15 is 0 Å². The Hall–Kier alpha value is -2.69. The van der Waals surface area contributed by atoms with Gasteiger partial charge in [-0.2, -0.15) is 0 Å². The molecule has 0 fully saturated rings. The van der Waals surface area contributed by atoms with E-state index in [1.54, 1.807) is 12.1 Å². The third-order valence-electron chi connectivity index (χ3n) is 4.02. The number of hydrogen-bond acceptors (Lipinski definition) is 4. The summed E-state index contributed by atoms with van der Waals surface area (Å²) < 4.78 is 6.12. The van der Waals surface area contributed by atoms with Crippen molar-refractivity contribution in [1.82, 2.24) is 0 Å². The molecule has 5 heteroatoms. The van der Waals surface area contributed by atoms with Crippen molar-refractivity contribution in [1.29, 1.82) is 0 Å². The molecular weight excluding hydrogens is 280 g/mol. The molecule has 0 saturated carbocycles. The van der Waals surface area contributed by atoms with Gasteiger partial charge in [0.1, 0.15) is 5.60 Å². The minimum Gasteiger partial charge on any atom is -0.466 e. The second-order valence-corrected chi connectivity index (χ2v) is 5.42. The fourth-order valence-corrected chi connectivity index (χ4v) is 2.53. The molecule has 0 aliphatic carbocycles. The summed E-state index contributed by atoms with van der Waals surface area (Å²) in [6.07, 6.45) is 0.802. The van der Waals surface area contributed by atoms with Gasteiger partial charge in [-0.25, -0.2) is 4.99 Å². The molecule has 1 heterocycles. The third-order valence-corrected chi connectivity index (χ3v) is 4.02. The summed E-state index contributed by atoms with van der Waals surface area (Å²) in [4.78, 5) is 14.9. The zero-order valence-corrected chi connectivity index (χ0v) is 12.4. The maximum absolute atomic E-state index is 10.7. The van der Waals surface area contributed by atoms with Gasteiger partial charge in [-0.1, -0.05) is 25.1 Å². The first-order chi connectivity index (χ1) is 10.5. The average molecular weight is 296 g/mol. The molecule has 2 aromatic carbocycles. The summed E-state index contributed by atoms with van der Waals surface area (Å²) in [6, 6.07) is 14.2. The molecule has 0 N–H and O–H groups in total. The highest BCUT2D eigenvalue weighted by molar-refractivity contribution is 5.97. The van der Waals surface area contributed by atoms with E-state index in [0.29, 0.717) is 5.90 Å². The zero-order chi connectivity index (χ0) is 15.7. The maximum Gasteiger partial charge on any atom is 0.269 e. The smallest absolute Gasteiger partial charge is 0.269 e. The molecule has 112 valence electrons. The van der Waals surface area contributed by atoms with Crippen LogP contribution in [0.5, 0.6) is 0 Å². The van der Waals surface area contributed by atoms with Gasteiger partial charge in [-0.3, -0.25) is 10.1 Å². The number of ether oxygens (including phenoxy) is 1. The van der Waals surface area contributed by atoms with E-state index in [0.717, 1.165) is 23.2 Å². The van der Waals surface area contributed by atoms with Gasteiger partial charge in [0, 0.05) is 23.3 Å². The Morgan fingerprint density at radius 1 is 1.18 bits per heavy atom. The molecule has 3 rings (SSSR count). The first-order valence-electron chi connectivity index (χ1n) is 7.15. The lowest BCUT2D eigenvalue weighted by Gasteiger charge is -2.35. The molecule has 1 unspecified atom stereocenters. The van der Waals surface area contributed by atoms with Gasteiger partial charge in [-0.15, -0.1) is 0 Å². The van der Waals surface area contributed by atoms with Gasteiger partial charge in [0.05, 0.1) is 10.6 Å². The van der Waals surface area contributed by atoms with Crippen molar-refractivity contribution in [3.8, 4) is 0 Å². The second-order valence-electron chi connectivity index (χ2n) is 5.42. The number of nitro benzene ring substituents is 1. The molecule has 1 atom stereocenters. The molecule has 0 bridgehead atoms. The lowest BCUT2D eigenvalue weighted by molar-refractivity contribution is -0.384. The lowest BCUT2D eigenvalue weighted by atomic mass is 9.90. The highest BCUT2D eigenvalue weighted by Crippen LogP contribution is 2.40. The molecule has 0 saturated heterocycles. The minimum absolute atomic E-state index is 0.0545. The predicted octanol–water partition coefficient (Wildman–Crippen LogP) is 4.33. The van der Waals surface area contributed by atoms with Crippen LogP contribution in [0.2, 0.25) is 0 Å². The molecule has 0 radical (unpaired) electrons. The van der Waals surface area contributed by atoms with Crippen LogP contribution in [0, 0.1) is 10.1 Å². The number of hydrogen-bond donors (Lipinski definition) is 0. The Morgan fingerprint density at radius 2 is 1.86 bits per heavy atom. The standard InChI is InChI=1S/C17H16N2O3/c1-3-17(2)14-6-4-5-7-15(14)18-16(22-17)12-8-10-13(11-9-12)19(20)21/h4-11H,3H2,1-2H3. The Kier molecular flexibility index (Phi) is 3.41. The second kappa shape index (κ2) is 5.26. The van der Waals surface area contributed by atoms with Crippen molar-refractivity contribution in [3.63, 3.8) is 0 Å². The van der Waals surface area contributed by atoms with Gasteiger partial charge in [0.25, 0.3) is 5.69 Å². The van der Waals surface area contributed by atoms with E-state index in [-0.39, 0.29) is 5.69 Å². The van der Waals surface area contributed by atoms with Gasteiger partial charge in [0.2, 0.25) is 5.90 Å². The van der Waals surface area contributed by atoms with Crippen LogP contribution in [-0.2, 0) is 10.3 Å². The third kappa shape index (κ3) is 2.35. The van der Waals surface area contributed by atoms with Crippen LogP contribution in [0.4, 0.5) is 11.4 Å². The van der Waals surface area contributed by atoms with Gasteiger partial charge in [-0.05, 0) is 31.5 Å². The molecule has 0 amide bonds. The number of aliphatic imine (C=N–C) groups is 1. The van der Waals surface area contributed by atoms with E-state index in [1.165, 1.54) is 12.1 Å². The molecule has 1 aliphatic heterocycles. The summed E-state index contributed by atoms with van der Waals surface area (Å²) in [6.45, 7) is 4.10. The number of nitrogens with zero attached hydrogens (tertiary/aromatic N) is 2. The topological polar surface area (TPSA) is 64.7 Å². The van der Waals surface area contributed by atoms with Crippen LogP contribution in [0.15, 0.2) is 53.5 Å². The van der Waals surface area contributed by atoms with E-state index in [2.05, 4.69) is 11.9 Å². The number of fused-ring (bicyclic) bond motifs is 1. The Morgan fingerprint density at radius 3 is 2.50 bits per heavy atom. The van der Waals surface area contributed by atoms with Gasteiger partial charge >= 0.3 is 0 Å². The minimum atomic E-state index is -0.449. The fourth-order valence-electron chi connectivity index (χ4n) is 2.53. The molecular formula is C17H16N2O3. The largest absolute Gasteiger partial charge is 0.466 e. The van der Waals surface area contributed by atoms with E-state index in [4.69, 9.17) is 4.74 Å². The predicted molar refractivity (Wildman–Crippen MR) is 84.5 cm³/mol. The van der Waals surface area contributed by atoms with E-state index < -0.39 is 10.5 Å². The highest BCUT2D eigenvalue weighted by atomic mass is 16.6. The first kappa shape index (κ1) is 14.3. The Bertz CT molecular complexity index is 753. The number of nitro groups is 1. The van der Waals surface area contributed by atoms with Crippen LogP contribution in [0.3, 0.4) is 0 Å². The highest BCUT2D eigenvalue weighted by Gasteiger charge is 2.34. The molecule has 1 aliphatic rings. The molecule has 2 aromatic rings. The Labute approximate surface area is 128 Å². The van der Waals surface area contributed by atoms with Crippen LogP contribution >= 0.6 is 0 Å².